The zero-order valence-corrected chi connectivity index (χ0v) is 21.3. The van der Waals surface area contributed by atoms with Crippen LogP contribution in [0.2, 0.25) is 0 Å². The maximum absolute atomic E-state index is 12.6. The van der Waals surface area contributed by atoms with Crippen LogP contribution in [0.15, 0.2) is 0 Å². The summed E-state index contributed by atoms with van der Waals surface area (Å²) in [6, 6.07) is 0. The molecule has 0 radical (unpaired) electrons. The van der Waals surface area contributed by atoms with Gasteiger partial charge in [0.1, 0.15) is 49.3 Å². The second kappa shape index (κ2) is 15.9. The zero-order chi connectivity index (χ0) is 26.6. The molecule has 1 aliphatic rings. The highest BCUT2D eigenvalue weighted by Gasteiger charge is 2.51. The first-order valence-corrected chi connectivity index (χ1v) is 13.9. The van der Waals surface area contributed by atoms with Crippen LogP contribution < -0.4 is 0 Å². The Morgan fingerprint density at radius 3 is 1.80 bits per heavy atom. The van der Waals surface area contributed by atoms with Crippen LogP contribution in [0.1, 0.15) is 71.6 Å². The fourth-order valence-corrected chi connectivity index (χ4v) is 4.94. The van der Waals surface area contributed by atoms with E-state index in [0.717, 1.165) is 25.7 Å². The van der Waals surface area contributed by atoms with E-state index in [1.54, 1.807) is 0 Å². The molecule has 12 nitrogen and oxygen atoms in total. The van der Waals surface area contributed by atoms with Gasteiger partial charge in [-0.2, -0.15) is 0 Å². The molecule has 35 heavy (non-hydrogen) atoms. The Balaban J connectivity index is 2.74. The molecular formula is C22H41O12P. The standard InChI is InChI=1S/C22H41O12P/c1-3-5-7-9-15(23)32-13-14(33-16(24)10-8-6-4-2)11-12-35(30,31)34-22-20(28)18(26)17(25)19(27)21(22)29/h14,17-22,25-29H,3-13H2,1-2H3,(H,30,31)/t14?,17-,18-,19+,20-,21-,22-/m0/s1. The number of carbonyl (C=O) groups excluding carboxylic acids is 2. The highest BCUT2D eigenvalue weighted by molar-refractivity contribution is 7.52. The Labute approximate surface area is 205 Å². The van der Waals surface area contributed by atoms with Gasteiger partial charge in [-0.15, -0.1) is 0 Å². The number of esters is 2. The largest absolute Gasteiger partial charge is 0.462 e. The Hall–Kier alpha value is -1.11. The van der Waals surface area contributed by atoms with E-state index in [0.29, 0.717) is 12.8 Å². The fourth-order valence-electron chi connectivity index (χ4n) is 3.59. The third-order valence-electron chi connectivity index (χ3n) is 5.79. The number of hydrogen-bond acceptors (Lipinski definition) is 11. The maximum atomic E-state index is 12.6. The van der Waals surface area contributed by atoms with Crippen molar-refractivity contribution in [3.8, 4) is 0 Å². The van der Waals surface area contributed by atoms with Gasteiger partial charge in [-0.3, -0.25) is 18.7 Å². The molecule has 1 aliphatic carbocycles. The molecule has 0 heterocycles. The number of hydrogen-bond donors (Lipinski definition) is 6. The molecule has 0 aromatic rings. The number of rotatable bonds is 16. The summed E-state index contributed by atoms with van der Waals surface area (Å²) in [5, 5.41) is 49.2. The molecule has 2 unspecified atom stereocenters. The van der Waals surface area contributed by atoms with Crippen molar-refractivity contribution < 1.29 is 58.6 Å². The van der Waals surface area contributed by atoms with E-state index in [4.69, 9.17) is 14.0 Å². The molecule has 0 aliphatic heterocycles. The Kier molecular flexibility index (Phi) is 14.5. The average Bonchev–Trinajstić information content (AvgIpc) is 2.81. The van der Waals surface area contributed by atoms with E-state index in [9.17, 15) is 44.6 Å². The fraction of sp³-hybridized carbons (Fsp3) is 0.909. The lowest BCUT2D eigenvalue weighted by Crippen LogP contribution is -2.64. The summed E-state index contributed by atoms with van der Waals surface area (Å²) < 4.78 is 28.1. The zero-order valence-electron chi connectivity index (χ0n) is 20.4. The van der Waals surface area contributed by atoms with Crippen molar-refractivity contribution in [1.82, 2.24) is 0 Å². The molecule has 0 bridgehead atoms. The molecule has 0 aromatic carbocycles. The number of aliphatic hydroxyl groups is 5. The topological polar surface area (TPSA) is 200 Å². The lowest BCUT2D eigenvalue weighted by molar-refractivity contribution is -0.218. The van der Waals surface area contributed by atoms with Crippen molar-refractivity contribution in [2.45, 2.75) is 114 Å². The summed E-state index contributed by atoms with van der Waals surface area (Å²) in [4.78, 5) is 34.3. The molecule has 13 heteroatoms. The van der Waals surface area contributed by atoms with Gasteiger partial charge in [0.25, 0.3) is 0 Å². The van der Waals surface area contributed by atoms with Gasteiger partial charge < -0.3 is 39.9 Å². The minimum Gasteiger partial charge on any atom is -0.462 e. The molecular weight excluding hydrogens is 487 g/mol. The van der Waals surface area contributed by atoms with E-state index in [2.05, 4.69) is 0 Å². The first-order valence-electron chi connectivity index (χ1n) is 12.2. The van der Waals surface area contributed by atoms with Crippen LogP contribution in [-0.2, 0) is 28.2 Å². The summed E-state index contributed by atoms with van der Waals surface area (Å²) in [7, 11) is -4.56. The van der Waals surface area contributed by atoms with Crippen molar-refractivity contribution >= 4 is 19.5 Å². The molecule has 0 aromatic heterocycles. The van der Waals surface area contributed by atoms with Gasteiger partial charge in [0.2, 0.25) is 0 Å². The van der Waals surface area contributed by atoms with Gasteiger partial charge >= 0.3 is 19.5 Å². The van der Waals surface area contributed by atoms with Crippen molar-refractivity contribution in [2.75, 3.05) is 12.8 Å². The molecule has 1 rings (SSSR count). The van der Waals surface area contributed by atoms with Crippen LogP contribution in [0.5, 0.6) is 0 Å². The van der Waals surface area contributed by atoms with Crippen molar-refractivity contribution in [3.05, 3.63) is 0 Å². The van der Waals surface area contributed by atoms with E-state index in [-0.39, 0.29) is 25.9 Å². The summed E-state index contributed by atoms with van der Waals surface area (Å²) in [6.07, 6.45) is -8.21. The number of carbonyl (C=O) groups is 2. The lowest BCUT2D eigenvalue weighted by atomic mass is 9.85. The van der Waals surface area contributed by atoms with Gasteiger partial charge in [0.05, 0.1) is 6.16 Å². The molecule has 0 amide bonds. The second-order valence-electron chi connectivity index (χ2n) is 8.88. The van der Waals surface area contributed by atoms with Crippen LogP contribution in [0.25, 0.3) is 0 Å². The average molecular weight is 529 g/mol. The van der Waals surface area contributed by atoms with Gasteiger partial charge in [-0.1, -0.05) is 39.5 Å². The van der Waals surface area contributed by atoms with E-state index >= 15 is 0 Å². The second-order valence-corrected chi connectivity index (χ2v) is 10.8. The summed E-state index contributed by atoms with van der Waals surface area (Å²) in [5.41, 5.74) is 0. The van der Waals surface area contributed by atoms with Crippen LogP contribution >= 0.6 is 7.60 Å². The Morgan fingerprint density at radius 2 is 1.29 bits per heavy atom. The van der Waals surface area contributed by atoms with Crippen molar-refractivity contribution in [3.63, 3.8) is 0 Å². The number of aliphatic hydroxyl groups excluding tert-OH is 5. The summed E-state index contributed by atoms with van der Waals surface area (Å²) >= 11 is 0. The van der Waals surface area contributed by atoms with E-state index in [1.165, 1.54) is 0 Å². The third-order valence-corrected chi connectivity index (χ3v) is 7.19. The smallest absolute Gasteiger partial charge is 0.328 e. The molecule has 8 atom stereocenters. The molecule has 1 fully saturated rings. The predicted molar refractivity (Wildman–Crippen MR) is 123 cm³/mol. The molecule has 206 valence electrons. The maximum Gasteiger partial charge on any atom is 0.328 e. The first kappa shape index (κ1) is 31.9. The molecule has 6 N–H and O–H groups in total. The van der Waals surface area contributed by atoms with Crippen LogP contribution in [0.4, 0.5) is 0 Å². The minimum absolute atomic E-state index is 0.140. The third kappa shape index (κ3) is 11.2. The monoisotopic (exact) mass is 528 g/mol. The van der Waals surface area contributed by atoms with Crippen LogP contribution in [0, 0.1) is 0 Å². The molecule has 0 spiro atoms. The van der Waals surface area contributed by atoms with Gasteiger partial charge in [-0.05, 0) is 19.3 Å². The van der Waals surface area contributed by atoms with Crippen molar-refractivity contribution in [1.29, 1.82) is 0 Å². The van der Waals surface area contributed by atoms with E-state index < -0.39 is 68.4 Å². The minimum atomic E-state index is -4.56. The van der Waals surface area contributed by atoms with Crippen LogP contribution in [0.3, 0.4) is 0 Å². The van der Waals surface area contributed by atoms with Gasteiger partial charge in [0, 0.05) is 12.8 Å². The Bertz CT molecular complexity index is 673. The van der Waals surface area contributed by atoms with Crippen LogP contribution in [-0.4, -0.2) is 97.9 Å². The van der Waals surface area contributed by atoms with E-state index in [1.807, 2.05) is 13.8 Å². The lowest BCUT2D eigenvalue weighted by Gasteiger charge is -2.41. The number of unbranched alkanes of at least 4 members (excludes halogenated alkanes) is 4. The summed E-state index contributed by atoms with van der Waals surface area (Å²) in [6.45, 7) is 3.65. The van der Waals surface area contributed by atoms with Gasteiger partial charge in [0.15, 0.2) is 0 Å². The Morgan fingerprint density at radius 1 is 0.800 bits per heavy atom. The molecule has 0 saturated heterocycles. The highest BCUT2D eigenvalue weighted by atomic mass is 31.2. The SMILES string of the molecule is CCCCCC(=O)OCC(CCP(=O)(O)O[C@@H]1[C@@H](O)[C@H](O)[C@@H](O)[C@H](O)[C@@H]1O)OC(=O)CCCCC. The summed E-state index contributed by atoms with van der Waals surface area (Å²) in [5.74, 6) is -1.03. The predicted octanol–water partition coefficient (Wildman–Crippen LogP) is 0.381. The molecule has 1 saturated carbocycles. The first-order chi connectivity index (χ1) is 16.4. The van der Waals surface area contributed by atoms with Gasteiger partial charge in [-0.25, -0.2) is 0 Å². The number of ether oxygens (including phenoxy) is 2. The van der Waals surface area contributed by atoms with Crippen molar-refractivity contribution in [2.24, 2.45) is 0 Å². The highest BCUT2D eigenvalue weighted by Crippen LogP contribution is 2.46. The normalized spacial score (nSPS) is 29.3. The quantitative estimate of drug-likeness (QED) is 0.0915.